The van der Waals surface area contributed by atoms with E-state index >= 15 is 0 Å². The average molecular weight is 783 g/mol. The van der Waals surface area contributed by atoms with Gasteiger partial charge in [-0.25, -0.2) is 0 Å². The summed E-state index contributed by atoms with van der Waals surface area (Å²) in [7, 11) is -4.83. The van der Waals surface area contributed by atoms with E-state index in [4.69, 9.17) is 0 Å². The summed E-state index contributed by atoms with van der Waals surface area (Å²) in [6, 6.07) is 22.0. The molecule has 0 unspecified atom stereocenters. The second kappa shape index (κ2) is 20.3. The molecule has 0 bridgehead atoms. The van der Waals surface area contributed by atoms with E-state index in [2.05, 4.69) is 88.9 Å². The van der Waals surface area contributed by atoms with Gasteiger partial charge in [0.1, 0.15) is 10.6 Å². The molecule has 56 heavy (non-hydrogen) atoms. The van der Waals surface area contributed by atoms with Crippen LogP contribution in [0.4, 0.5) is 46.3 Å². The Morgan fingerprint density at radius 2 is 1.14 bits per heavy atom. The van der Waals surface area contributed by atoms with E-state index in [1.165, 1.54) is 6.07 Å². The van der Waals surface area contributed by atoms with Crippen LogP contribution in [0.5, 0.6) is 5.75 Å². The van der Waals surface area contributed by atoms with Crippen molar-refractivity contribution in [2.24, 2.45) is 20.5 Å². The Kier molecular flexibility index (Phi) is 15.1. The minimum atomic E-state index is -4.83. The zero-order valence-corrected chi connectivity index (χ0v) is 33.0. The van der Waals surface area contributed by atoms with Gasteiger partial charge in [-0.3, -0.25) is 4.55 Å². The van der Waals surface area contributed by atoms with Crippen LogP contribution in [0.2, 0.25) is 0 Å². The van der Waals surface area contributed by atoms with Crippen LogP contribution in [0.3, 0.4) is 0 Å². The Balaban J connectivity index is 1.36. The molecule has 5 N–H and O–H groups in total. The van der Waals surface area contributed by atoms with Crippen LogP contribution in [-0.4, -0.2) is 95.2 Å². The van der Waals surface area contributed by atoms with Gasteiger partial charge < -0.3 is 30.9 Å². The fraction of sp³-hybridized carbons (Fsp3) is 0.359. The monoisotopic (exact) mass is 782 g/mol. The van der Waals surface area contributed by atoms with E-state index in [-0.39, 0.29) is 11.3 Å². The maximum Gasteiger partial charge on any atom is 0.296 e. The summed E-state index contributed by atoms with van der Waals surface area (Å²) in [6.07, 6.45) is 1.81. The Bertz CT molecular complexity index is 2160. The predicted molar refractivity (Wildman–Crippen MR) is 222 cm³/mol. The van der Waals surface area contributed by atoms with Crippen molar-refractivity contribution >= 4 is 67.2 Å². The van der Waals surface area contributed by atoms with Crippen LogP contribution in [0.1, 0.15) is 40.5 Å². The Labute approximate surface area is 328 Å². The van der Waals surface area contributed by atoms with Gasteiger partial charge in [0.25, 0.3) is 10.1 Å². The molecule has 0 fully saturated rings. The number of phenolic OH excluding ortho intramolecular Hbond substituents is 1. The van der Waals surface area contributed by atoms with E-state index < -0.39 is 26.5 Å². The maximum absolute atomic E-state index is 12.6. The number of nitrogens with zero attached hydrogens (tertiary/aromatic N) is 9. The molecule has 0 spiro atoms. The number of hydrogen-bond donors (Lipinski definition) is 5. The number of benzene rings is 4. The first-order valence-electron chi connectivity index (χ1n) is 18.8. The highest BCUT2D eigenvalue weighted by Crippen LogP contribution is 2.42. The predicted octanol–water partition coefficient (Wildman–Crippen LogP) is 8.84. The molecule has 296 valence electrons. The lowest BCUT2D eigenvalue weighted by Crippen LogP contribution is -2.26. The van der Waals surface area contributed by atoms with Gasteiger partial charge in [0.15, 0.2) is 5.75 Å². The molecule has 17 heteroatoms. The van der Waals surface area contributed by atoms with Gasteiger partial charge in [0.2, 0.25) is 17.8 Å². The molecule has 0 amide bonds. The van der Waals surface area contributed by atoms with Crippen molar-refractivity contribution in [1.29, 1.82) is 0 Å². The molecule has 5 aromatic rings. The van der Waals surface area contributed by atoms with Crippen molar-refractivity contribution < 1.29 is 18.1 Å². The van der Waals surface area contributed by atoms with Gasteiger partial charge in [-0.15, -0.1) is 5.11 Å². The topological polar surface area (TPSA) is 205 Å². The summed E-state index contributed by atoms with van der Waals surface area (Å²) in [6.45, 7) is 15.7. The third kappa shape index (κ3) is 11.9. The summed E-state index contributed by atoms with van der Waals surface area (Å²) in [5, 5.41) is 38.2. The normalized spacial score (nSPS) is 12.1. The number of hydrogen-bond acceptors (Lipinski definition) is 15. The van der Waals surface area contributed by atoms with Gasteiger partial charge in [0.05, 0.1) is 17.1 Å². The molecule has 0 aliphatic carbocycles. The van der Waals surface area contributed by atoms with Crippen molar-refractivity contribution in [1.82, 2.24) is 24.8 Å². The van der Waals surface area contributed by atoms with E-state index in [0.29, 0.717) is 53.1 Å². The van der Waals surface area contributed by atoms with Gasteiger partial charge in [0, 0.05) is 24.2 Å². The van der Waals surface area contributed by atoms with E-state index in [1.807, 2.05) is 30.3 Å². The number of aromatic hydroxyl groups is 1. The lowest BCUT2D eigenvalue weighted by atomic mass is 10.1. The lowest BCUT2D eigenvalue weighted by molar-refractivity contribution is 0.303. The molecule has 0 radical (unpaired) electrons. The van der Waals surface area contributed by atoms with Gasteiger partial charge in [-0.2, -0.15) is 38.7 Å². The Morgan fingerprint density at radius 1 is 0.643 bits per heavy atom. The summed E-state index contributed by atoms with van der Waals surface area (Å²) in [5.41, 5.74) is 1.73. The zero-order valence-electron chi connectivity index (χ0n) is 32.2. The molecule has 16 nitrogen and oxygen atoms in total. The molecule has 0 atom stereocenters. The molecular weight excluding hydrogens is 733 g/mol. The fourth-order valence-electron chi connectivity index (χ4n) is 5.83. The molecule has 4 aromatic carbocycles. The van der Waals surface area contributed by atoms with E-state index in [9.17, 15) is 18.1 Å². The quantitative estimate of drug-likeness (QED) is 0.0269. The molecule has 5 rings (SSSR count). The van der Waals surface area contributed by atoms with Crippen molar-refractivity contribution in [2.75, 3.05) is 68.3 Å². The SMILES string of the molecule is CCN(CC)CCCNc1nc(NCCCN(CC)CC)nc(Nc2ccc3c(O)c(N=Nc4ccc(N=Nc5ccccc5)cc4)c(S(=O)(=O)O)cc3c2)n1. The van der Waals surface area contributed by atoms with Crippen LogP contribution >= 0.6 is 0 Å². The number of aromatic nitrogens is 3. The van der Waals surface area contributed by atoms with Crippen LogP contribution in [-0.2, 0) is 10.1 Å². The molecule has 0 saturated heterocycles. The molecule has 0 saturated carbocycles. The third-order valence-corrected chi connectivity index (χ3v) is 9.90. The summed E-state index contributed by atoms with van der Waals surface area (Å²) < 4.78 is 35.3. The molecule has 1 heterocycles. The smallest absolute Gasteiger partial charge is 0.296 e. The van der Waals surface area contributed by atoms with Gasteiger partial charge in [-0.1, -0.05) is 45.9 Å². The summed E-state index contributed by atoms with van der Waals surface area (Å²) in [5.74, 6) is 0.600. The third-order valence-electron chi connectivity index (χ3n) is 9.03. The minimum Gasteiger partial charge on any atom is -0.505 e. The number of nitrogens with one attached hydrogen (secondary N) is 3. The first-order valence-corrected chi connectivity index (χ1v) is 20.3. The highest BCUT2D eigenvalue weighted by Gasteiger charge is 2.22. The first kappa shape index (κ1) is 41.5. The van der Waals surface area contributed by atoms with Crippen LogP contribution in [0.25, 0.3) is 10.8 Å². The summed E-state index contributed by atoms with van der Waals surface area (Å²) >= 11 is 0. The van der Waals surface area contributed by atoms with Gasteiger partial charge >= 0.3 is 0 Å². The van der Waals surface area contributed by atoms with Crippen molar-refractivity contribution in [3.63, 3.8) is 0 Å². The largest absolute Gasteiger partial charge is 0.505 e. The lowest BCUT2D eigenvalue weighted by Gasteiger charge is -2.18. The Hall–Kier alpha value is -5.62. The maximum atomic E-state index is 12.6. The molecule has 0 aliphatic rings. The number of rotatable bonds is 21. The molecule has 1 aromatic heterocycles. The Morgan fingerprint density at radius 3 is 1.66 bits per heavy atom. The van der Waals surface area contributed by atoms with E-state index in [1.54, 1.807) is 42.5 Å². The fourth-order valence-corrected chi connectivity index (χ4v) is 6.49. The number of azo groups is 2. The van der Waals surface area contributed by atoms with Crippen LogP contribution in [0.15, 0.2) is 104 Å². The second-order valence-corrected chi connectivity index (χ2v) is 14.2. The highest BCUT2D eigenvalue weighted by atomic mass is 32.2. The zero-order chi connectivity index (χ0) is 39.9. The number of anilines is 4. The van der Waals surface area contributed by atoms with Gasteiger partial charge in [-0.05, 0) is 118 Å². The number of fused-ring (bicyclic) bond motifs is 1. The minimum absolute atomic E-state index is 0.258. The van der Waals surface area contributed by atoms with Crippen molar-refractivity contribution in [2.45, 2.75) is 45.4 Å². The highest BCUT2D eigenvalue weighted by molar-refractivity contribution is 7.86. The second-order valence-electron chi connectivity index (χ2n) is 12.8. The molecular formula is C39H50N12O4S. The summed E-state index contributed by atoms with van der Waals surface area (Å²) in [4.78, 5) is 17.9. The first-order chi connectivity index (χ1) is 27.1. The van der Waals surface area contributed by atoms with Crippen molar-refractivity contribution in [3.8, 4) is 5.75 Å². The van der Waals surface area contributed by atoms with Crippen LogP contribution in [0, 0.1) is 0 Å². The number of phenols is 1. The van der Waals surface area contributed by atoms with E-state index in [0.717, 1.165) is 52.1 Å². The molecule has 0 aliphatic heterocycles. The van der Waals surface area contributed by atoms with Crippen molar-refractivity contribution in [3.05, 3.63) is 78.9 Å². The average Bonchev–Trinajstić information content (AvgIpc) is 3.20. The standard InChI is InChI=1S/C39H50N12O4S/c1-5-50(6-2)24-12-22-40-37-43-38(41-23-13-25-51(7-3)8-4)45-39(44-37)42-32-20-21-33-28(26-32)27-34(56(53,54)55)35(36(33)52)49-48-31-18-16-30(17-19-31)47-46-29-14-10-9-11-15-29/h9-11,14-21,26-27,52H,5-8,12-13,22-25H2,1-4H3,(H,53,54,55)(H3,40,41,42,43,44,45). The van der Waals surface area contributed by atoms with Crippen LogP contribution < -0.4 is 16.0 Å².